The van der Waals surface area contributed by atoms with Gasteiger partial charge in [0, 0.05) is 42.1 Å². The molecule has 0 saturated heterocycles. The van der Waals surface area contributed by atoms with E-state index in [1.165, 1.54) is 0 Å². The first kappa shape index (κ1) is 20.2. The lowest BCUT2D eigenvalue weighted by molar-refractivity contribution is -0.130. The molecule has 0 aliphatic carbocycles. The first-order valence-corrected chi connectivity index (χ1v) is 10.5. The number of fused-ring (bicyclic) bond motifs is 1. The van der Waals surface area contributed by atoms with Crippen molar-refractivity contribution in [2.24, 2.45) is 0 Å². The van der Waals surface area contributed by atoms with Crippen LogP contribution in [0.3, 0.4) is 0 Å². The zero-order valence-electron chi connectivity index (χ0n) is 16.9. The first-order chi connectivity index (χ1) is 14.6. The van der Waals surface area contributed by atoms with Crippen molar-refractivity contribution < 1.29 is 4.79 Å². The van der Waals surface area contributed by atoms with Gasteiger partial charge in [0.2, 0.25) is 5.91 Å². The average molecular weight is 418 g/mol. The third-order valence-electron chi connectivity index (χ3n) is 5.29. The number of hydrogen-bond acceptors (Lipinski definition) is 2. The molecule has 0 aliphatic heterocycles. The molecule has 0 saturated carbocycles. The van der Waals surface area contributed by atoms with E-state index in [9.17, 15) is 4.79 Å². The quantitative estimate of drug-likeness (QED) is 0.409. The SMILES string of the molecule is CN(Cc1ccccc1)C(=O)CCCc1c(-c2ccccn2)[nH]c2ccc(Cl)cc12. The molecule has 0 atom stereocenters. The molecule has 0 unspecified atom stereocenters. The summed E-state index contributed by atoms with van der Waals surface area (Å²) in [6.45, 7) is 0.627. The summed E-state index contributed by atoms with van der Waals surface area (Å²) in [5.74, 6) is 0.149. The zero-order valence-corrected chi connectivity index (χ0v) is 17.7. The molecule has 2 heterocycles. The number of nitrogens with zero attached hydrogens (tertiary/aromatic N) is 2. The summed E-state index contributed by atoms with van der Waals surface area (Å²) in [6, 6.07) is 21.8. The molecular weight excluding hydrogens is 394 g/mol. The van der Waals surface area contributed by atoms with E-state index in [2.05, 4.69) is 9.97 Å². The second-order valence-electron chi connectivity index (χ2n) is 7.47. The number of hydrogen-bond donors (Lipinski definition) is 1. The second-order valence-corrected chi connectivity index (χ2v) is 7.91. The lowest BCUT2D eigenvalue weighted by Crippen LogP contribution is -2.25. The normalized spacial score (nSPS) is 11.0. The van der Waals surface area contributed by atoms with E-state index in [-0.39, 0.29) is 5.91 Å². The minimum absolute atomic E-state index is 0.149. The lowest BCUT2D eigenvalue weighted by Gasteiger charge is -2.17. The number of aromatic amines is 1. The summed E-state index contributed by atoms with van der Waals surface area (Å²) < 4.78 is 0. The predicted octanol–water partition coefficient (Wildman–Crippen LogP) is 5.86. The number of benzene rings is 2. The molecule has 1 N–H and O–H groups in total. The smallest absolute Gasteiger partial charge is 0.222 e. The Hall–Kier alpha value is -3.11. The van der Waals surface area contributed by atoms with Gasteiger partial charge in [-0.1, -0.05) is 48.0 Å². The van der Waals surface area contributed by atoms with Gasteiger partial charge in [-0.3, -0.25) is 9.78 Å². The fourth-order valence-corrected chi connectivity index (χ4v) is 3.93. The number of amides is 1. The average Bonchev–Trinajstić information content (AvgIpc) is 3.12. The molecule has 0 aliphatic rings. The van der Waals surface area contributed by atoms with Gasteiger partial charge in [0.15, 0.2) is 0 Å². The fraction of sp³-hybridized carbons (Fsp3) is 0.200. The summed E-state index contributed by atoms with van der Waals surface area (Å²) in [5.41, 5.74) is 5.22. The summed E-state index contributed by atoms with van der Waals surface area (Å²) in [7, 11) is 1.86. The van der Waals surface area contributed by atoms with Gasteiger partial charge in [0.05, 0.1) is 11.4 Å². The molecule has 2 aromatic heterocycles. The van der Waals surface area contributed by atoms with Crippen molar-refractivity contribution in [2.45, 2.75) is 25.8 Å². The van der Waals surface area contributed by atoms with Crippen molar-refractivity contribution in [3.8, 4) is 11.4 Å². The van der Waals surface area contributed by atoms with Crippen molar-refractivity contribution in [3.05, 3.63) is 89.1 Å². The first-order valence-electron chi connectivity index (χ1n) is 10.1. The minimum Gasteiger partial charge on any atom is -0.353 e. The van der Waals surface area contributed by atoms with Crippen LogP contribution in [0.15, 0.2) is 72.9 Å². The predicted molar refractivity (Wildman–Crippen MR) is 122 cm³/mol. The van der Waals surface area contributed by atoms with Crippen LogP contribution in [-0.2, 0) is 17.8 Å². The lowest BCUT2D eigenvalue weighted by atomic mass is 10.0. The zero-order chi connectivity index (χ0) is 20.9. The van der Waals surface area contributed by atoms with Crippen LogP contribution in [0.5, 0.6) is 0 Å². The number of H-pyrrole nitrogens is 1. The standard InChI is InChI=1S/C25H24ClN3O/c1-29(17-18-8-3-2-4-9-18)24(30)12-7-10-20-21-16-19(26)13-14-22(21)28-25(20)23-11-5-6-15-27-23/h2-6,8-9,11,13-16,28H,7,10,12,17H2,1H3. The number of nitrogens with one attached hydrogen (secondary N) is 1. The Morgan fingerprint density at radius 1 is 1.07 bits per heavy atom. The Kier molecular flexibility index (Phi) is 6.15. The van der Waals surface area contributed by atoms with Crippen LogP contribution in [-0.4, -0.2) is 27.8 Å². The minimum atomic E-state index is 0.149. The highest BCUT2D eigenvalue weighted by atomic mass is 35.5. The van der Waals surface area contributed by atoms with Gasteiger partial charge in [-0.2, -0.15) is 0 Å². The summed E-state index contributed by atoms with van der Waals surface area (Å²) in [6.07, 6.45) is 3.83. The van der Waals surface area contributed by atoms with E-state index in [1.54, 1.807) is 11.1 Å². The molecule has 152 valence electrons. The molecule has 30 heavy (non-hydrogen) atoms. The van der Waals surface area contributed by atoms with Crippen molar-refractivity contribution in [1.29, 1.82) is 0 Å². The fourth-order valence-electron chi connectivity index (χ4n) is 3.76. The maximum Gasteiger partial charge on any atom is 0.222 e. The molecule has 4 rings (SSSR count). The summed E-state index contributed by atoms with van der Waals surface area (Å²) >= 11 is 6.26. The highest BCUT2D eigenvalue weighted by Crippen LogP contribution is 2.32. The van der Waals surface area contributed by atoms with E-state index in [0.29, 0.717) is 18.0 Å². The van der Waals surface area contributed by atoms with E-state index in [0.717, 1.165) is 46.3 Å². The van der Waals surface area contributed by atoms with Crippen LogP contribution in [0.2, 0.25) is 5.02 Å². The Balaban J connectivity index is 1.49. The van der Waals surface area contributed by atoms with E-state index in [4.69, 9.17) is 11.6 Å². The molecule has 4 nitrogen and oxygen atoms in total. The maximum absolute atomic E-state index is 12.6. The summed E-state index contributed by atoms with van der Waals surface area (Å²) in [5, 5.41) is 1.79. The molecule has 5 heteroatoms. The molecule has 2 aromatic carbocycles. The number of rotatable bonds is 7. The second kappa shape index (κ2) is 9.14. The van der Waals surface area contributed by atoms with Crippen molar-refractivity contribution in [1.82, 2.24) is 14.9 Å². The Bertz CT molecular complexity index is 1140. The van der Waals surface area contributed by atoms with Crippen LogP contribution in [0, 0.1) is 0 Å². The molecule has 1 amide bonds. The largest absolute Gasteiger partial charge is 0.353 e. The number of aryl methyl sites for hydroxylation is 1. The molecule has 0 radical (unpaired) electrons. The van der Waals surface area contributed by atoms with E-state index < -0.39 is 0 Å². The maximum atomic E-state index is 12.6. The Labute approximate surface area is 181 Å². The Morgan fingerprint density at radius 2 is 1.87 bits per heavy atom. The number of carbonyl (C=O) groups excluding carboxylic acids is 1. The summed E-state index contributed by atoms with van der Waals surface area (Å²) in [4.78, 5) is 22.4. The van der Waals surface area contributed by atoms with Gasteiger partial charge in [0.1, 0.15) is 0 Å². The van der Waals surface area contributed by atoms with Gasteiger partial charge in [-0.15, -0.1) is 0 Å². The molecule has 0 fully saturated rings. The van der Waals surface area contributed by atoms with Crippen LogP contribution >= 0.6 is 11.6 Å². The van der Waals surface area contributed by atoms with Gasteiger partial charge in [-0.25, -0.2) is 0 Å². The highest BCUT2D eigenvalue weighted by Gasteiger charge is 2.16. The van der Waals surface area contributed by atoms with E-state index in [1.807, 2.05) is 73.8 Å². The van der Waals surface area contributed by atoms with Crippen LogP contribution in [0.4, 0.5) is 0 Å². The molecular formula is C25H24ClN3O. The van der Waals surface area contributed by atoms with Gasteiger partial charge < -0.3 is 9.88 Å². The number of pyridine rings is 1. The van der Waals surface area contributed by atoms with Gasteiger partial charge >= 0.3 is 0 Å². The van der Waals surface area contributed by atoms with Crippen LogP contribution in [0.25, 0.3) is 22.3 Å². The number of aromatic nitrogens is 2. The van der Waals surface area contributed by atoms with E-state index >= 15 is 0 Å². The molecule has 0 spiro atoms. The third-order valence-corrected chi connectivity index (χ3v) is 5.53. The Morgan fingerprint density at radius 3 is 2.63 bits per heavy atom. The monoisotopic (exact) mass is 417 g/mol. The van der Waals surface area contributed by atoms with Gasteiger partial charge in [-0.05, 0) is 54.3 Å². The van der Waals surface area contributed by atoms with Crippen molar-refractivity contribution >= 4 is 28.4 Å². The molecule has 0 bridgehead atoms. The number of carbonyl (C=O) groups is 1. The van der Waals surface area contributed by atoms with Crippen LogP contribution < -0.4 is 0 Å². The van der Waals surface area contributed by atoms with Gasteiger partial charge in [0.25, 0.3) is 0 Å². The van der Waals surface area contributed by atoms with Crippen molar-refractivity contribution in [2.75, 3.05) is 7.05 Å². The van der Waals surface area contributed by atoms with Crippen molar-refractivity contribution in [3.63, 3.8) is 0 Å². The highest BCUT2D eigenvalue weighted by molar-refractivity contribution is 6.31. The topological polar surface area (TPSA) is 49.0 Å². The third kappa shape index (κ3) is 4.55. The van der Waals surface area contributed by atoms with Crippen LogP contribution in [0.1, 0.15) is 24.0 Å². The number of halogens is 1. The molecule has 4 aromatic rings.